The van der Waals surface area contributed by atoms with Gasteiger partial charge in [-0.05, 0) is 24.3 Å². The number of benzene rings is 2. The molecule has 0 radical (unpaired) electrons. The summed E-state index contributed by atoms with van der Waals surface area (Å²) < 4.78 is 29.8. The summed E-state index contributed by atoms with van der Waals surface area (Å²) in [7, 11) is -3.59. The molecule has 0 fully saturated rings. The average molecular weight is 403 g/mol. The van der Waals surface area contributed by atoms with Crippen molar-refractivity contribution in [2.24, 2.45) is 0 Å². The van der Waals surface area contributed by atoms with Gasteiger partial charge in [-0.2, -0.15) is 0 Å². The van der Waals surface area contributed by atoms with Gasteiger partial charge in [0, 0.05) is 17.1 Å². The lowest BCUT2D eigenvalue weighted by molar-refractivity contribution is -0.115. The molecule has 0 spiro atoms. The number of nitrogens with zero attached hydrogens (tertiary/aromatic N) is 2. The fourth-order valence-corrected chi connectivity index (χ4v) is 4.25. The predicted molar refractivity (Wildman–Crippen MR) is 102 cm³/mol. The minimum absolute atomic E-state index is 0.0761. The molecule has 9 heteroatoms. The van der Waals surface area contributed by atoms with Crippen molar-refractivity contribution in [1.29, 1.82) is 0 Å². The van der Waals surface area contributed by atoms with Gasteiger partial charge in [0.1, 0.15) is 5.75 Å². The van der Waals surface area contributed by atoms with E-state index in [4.69, 9.17) is 4.42 Å². The van der Waals surface area contributed by atoms with Crippen LogP contribution in [-0.2, 0) is 20.4 Å². The summed E-state index contributed by atoms with van der Waals surface area (Å²) in [4.78, 5) is 13.2. The molecule has 0 bridgehead atoms. The van der Waals surface area contributed by atoms with Crippen LogP contribution in [-0.4, -0.2) is 30.3 Å². The summed E-state index contributed by atoms with van der Waals surface area (Å²) in [5.41, 5.74) is 0. The van der Waals surface area contributed by atoms with Crippen molar-refractivity contribution in [2.75, 3.05) is 11.1 Å². The maximum absolute atomic E-state index is 12.3. The minimum atomic E-state index is -3.59. The number of sulfone groups is 1. The van der Waals surface area contributed by atoms with E-state index in [0.717, 1.165) is 4.90 Å². The molecule has 3 rings (SSSR count). The zero-order valence-electron chi connectivity index (χ0n) is 14.2. The molecule has 7 nitrogen and oxygen atoms in total. The van der Waals surface area contributed by atoms with Crippen LogP contribution in [0.1, 0.15) is 12.3 Å². The normalized spacial score (nSPS) is 11.3. The smallest absolute Gasteiger partial charge is 0.322 e. The molecular weight excluding hydrogens is 386 g/mol. The van der Waals surface area contributed by atoms with Gasteiger partial charge in [-0.3, -0.25) is 10.1 Å². The second-order valence-electron chi connectivity index (χ2n) is 5.53. The van der Waals surface area contributed by atoms with E-state index in [-0.39, 0.29) is 29.1 Å². The quantitative estimate of drug-likeness (QED) is 0.576. The van der Waals surface area contributed by atoms with E-state index in [1.54, 1.807) is 30.0 Å². The highest BCUT2D eigenvalue weighted by atomic mass is 32.2. The number of hydrogen-bond acceptors (Lipinski definition) is 7. The summed E-state index contributed by atoms with van der Waals surface area (Å²) >= 11 is 1.56. The molecule has 0 unspecified atom stereocenters. The lowest BCUT2D eigenvalue weighted by Gasteiger charge is -2.02. The first-order valence-corrected chi connectivity index (χ1v) is 10.7. The van der Waals surface area contributed by atoms with E-state index in [9.17, 15) is 13.2 Å². The molecule has 1 aromatic heterocycles. The molecule has 1 N–H and O–H groups in total. The average Bonchev–Trinajstić information content (AvgIpc) is 3.09. The third-order valence-electron chi connectivity index (χ3n) is 3.47. The van der Waals surface area contributed by atoms with Gasteiger partial charge >= 0.3 is 6.01 Å². The summed E-state index contributed by atoms with van der Waals surface area (Å²) in [5, 5.41) is 9.86. The van der Waals surface area contributed by atoms with Gasteiger partial charge in [0.15, 0.2) is 9.84 Å². The van der Waals surface area contributed by atoms with Crippen LogP contribution in [0.25, 0.3) is 0 Å². The largest absolute Gasteiger partial charge is 0.407 e. The van der Waals surface area contributed by atoms with Crippen molar-refractivity contribution in [1.82, 2.24) is 10.2 Å². The first kappa shape index (κ1) is 19.1. The molecular formula is C18H17N3O4S2. The zero-order chi connectivity index (χ0) is 19.1. The molecule has 0 aliphatic heterocycles. The fourth-order valence-electron chi connectivity index (χ4n) is 2.20. The maximum Gasteiger partial charge on any atom is 0.322 e. The number of thioether (sulfide) groups is 1. The third kappa shape index (κ3) is 5.66. The van der Waals surface area contributed by atoms with Gasteiger partial charge in [0.2, 0.25) is 11.8 Å². The number of rotatable bonds is 8. The number of anilines is 1. The molecule has 1 heterocycles. The number of hydrogen-bond donors (Lipinski definition) is 1. The molecule has 3 aromatic rings. The van der Waals surface area contributed by atoms with Crippen molar-refractivity contribution in [3.63, 3.8) is 0 Å². The number of aromatic nitrogens is 2. The lowest BCUT2D eigenvalue weighted by Crippen LogP contribution is -2.12. The van der Waals surface area contributed by atoms with Crippen LogP contribution in [0.5, 0.6) is 0 Å². The first-order chi connectivity index (χ1) is 13.0. The van der Waals surface area contributed by atoms with Gasteiger partial charge in [0.25, 0.3) is 0 Å². The van der Waals surface area contributed by atoms with E-state index in [1.807, 2.05) is 30.3 Å². The molecule has 0 saturated heterocycles. The van der Waals surface area contributed by atoms with E-state index in [1.165, 1.54) is 12.1 Å². The number of carbonyl (C=O) groups excluding carboxylic acids is 1. The molecule has 0 aliphatic rings. The molecule has 1 amide bonds. The zero-order valence-corrected chi connectivity index (χ0v) is 15.9. The summed E-state index contributed by atoms with van der Waals surface area (Å²) in [6.45, 7) is 0. The van der Waals surface area contributed by atoms with Crippen LogP contribution < -0.4 is 5.32 Å². The van der Waals surface area contributed by atoms with Gasteiger partial charge in [-0.25, -0.2) is 8.42 Å². The molecule has 27 heavy (non-hydrogen) atoms. The predicted octanol–water partition coefficient (Wildman–Crippen LogP) is 3.16. The third-order valence-corrected chi connectivity index (χ3v) is 6.10. The van der Waals surface area contributed by atoms with Crippen molar-refractivity contribution in [3.8, 4) is 0 Å². The Morgan fingerprint density at radius 2 is 1.67 bits per heavy atom. The Kier molecular flexibility index (Phi) is 6.25. The van der Waals surface area contributed by atoms with Crippen molar-refractivity contribution in [3.05, 3.63) is 66.6 Å². The van der Waals surface area contributed by atoms with Crippen molar-refractivity contribution >= 4 is 33.5 Å². The van der Waals surface area contributed by atoms with Gasteiger partial charge in [0.05, 0.1) is 4.90 Å². The second kappa shape index (κ2) is 8.83. The summed E-state index contributed by atoms with van der Waals surface area (Å²) in [5.74, 6) is -0.185. The monoisotopic (exact) mass is 403 g/mol. The standard InChI is InChI=1S/C18H17N3O4S2/c22-16(11-12-26-14-7-3-1-4-8-14)19-18-21-20-17(25-18)13-27(23,24)15-9-5-2-6-10-15/h1-10H,11-13H2,(H,19,21,22). The van der Waals surface area contributed by atoms with E-state index >= 15 is 0 Å². The second-order valence-corrected chi connectivity index (χ2v) is 8.69. The Labute approximate surface area is 161 Å². The lowest BCUT2D eigenvalue weighted by atomic mass is 10.4. The topological polar surface area (TPSA) is 102 Å². The van der Waals surface area contributed by atoms with Crippen molar-refractivity contribution in [2.45, 2.75) is 22.0 Å². The Morgan fingerprint density at radius 3 is 2.37 bits per heavy atom. The van der Waals surface area contributed by atoms with E-state index in [0.29, 0.717) is 5.75 Å². The summed E-state index contributed by atoms with van der Waals surface area (Å²) in [6, 6.07) is 17.6. The first-order valence-electron chi connectivity index (χ1n) is 8.11. The highest BCUT2D eigenvalue weighted by Crippen LogP contribution is 2.19. The van der Waals surface area contributed by atoms with Crippen LogP contribution in [0.3, 0.4) is 0 Å². The Morgan fingerprint density at radius 1 is 1.00 bits per heavy atom. The van der Waals surface area contributed by atoms with E-state index in [2.05, 4.69) is 15.5 Å². The number of nitrogens with one attached hydrogen (secondary N) is 1. The molecule has 0 aliphatic carbocycles. The van der Waals surface area contributed by atoms with Crippen LogP contribution in [0.15, 0.2) is 74.9 Å². The van der Waals surface area contributed by atoms with Crippen LogP contribution in [0.2, 0.25) is 0 Å². The number of carbonyl (C=O) groups is 1. The Balaban J connectivity index is 1.51. The fraction of sp³-hybridized carbons (Fsp3) is 0.167. The van der Waals surface area contributed by atoms with Crippen LogP contribution in [0, 0.1) is 0 Å². The molecule has 140 valence electrons. The van der Waals surface area contributed by atoms with Crippen LogP contribution in [0.4, 0.5) is 6.01 Å². The molecule has 2 aromatic carbocycles. The highest BCUT2D eigenvalue weighted by molar-refractivity contribution is 7.99. The molecule has 0 atom stereocenters. The SMILES string of the molecule is O=C(CCSc1ccccc1)Nc1nnc(CS(=O)(=O)c2ccccc2)o1. The Bertz CT molecular complexity index is 990. The minimum Gasteiger partial charge on any atom is -0.407 e. The van der Waals surface area contributed by atoms with Crippen molar-refractivity contribution < 1.29 is 17.6 Å². The maximum atomic E-state index is 12.3. The molecule has 0 saturated carbocycles. The van der Waals surface area contributed by atoms with Gasteiger partial charge in [-0.1, -0.05) is 41.5 Å². The van der Waals surface area contributed by atoms with Crippen LogP contribution >= 0.6 is 11.8 Å². The highest BCUT2D eigenvalue weighted by Gasteiger charge is 2.19. The van der Waals surface area contributed by atoms with Gasteiger partial charge in [-0.15, -0.1) is 16.9 Å². The Hall–Kier alpha value is -2.65. The van der Waals surface area contributed by atoms with Gasteiger partial charge < -0.3 is 4.42 Å². The van der Waals surface area contributed by atoms with E-state index < -0.39 is 15.6 Å². The summed E-state index contributed by atoms with van der Waals surface area (Å²) in [6.07, 6.45) is 0.263. The number of amides is 1.